The van der Waals surface area contributed by atoms with Gasteiger partial charge in [-0.15, -0.1) is 0 Å². The Morgan fingerprint density at radius 3 is 2.58 bits per heavy atom. The number of benzene rings is 1. The number of hydrogen-bond acceptors (Lipinski definition) is 4. The number of nitrogens with zero attached hydrogens (tertiary/aromatic N) is 5. The van der Waals surface area contributed by atoms with Gasteiger partial charge in [-0.2, -0.15) is 9.61 Å². The summed E-state index contributed by atoms with van der Waals surface area (Å²) in [7, 11) is 0. The summed E-state index contributed by atoms with van der Waals surface area (Å²) in [5.41, 5.74) is 3.70. The number of hydrogen-bond donors (Lipinski definition) is 0. The molecule has 0 atom stereocenters. The molecule has 3 aromatic rings. The third-order valence-electron chi connectivity index (χ3n) is 5.21. The van der Waals surface area contributed by atoms with Crippen LogP contribution in [0.25, 0.3) is 16.8 Å². The first-order valence-corrected chi connectivity index (χ1v) is 9.53. The average Bonchev–Trinajstić information content (AvgIpc) is 3.07. The highest BCUT2D eigenvalue weighted by molar-refractivity contribution is 6.43. The van der Waals surface area contributed by atoms with Crippen molar-refractivity contribution in [3.63, 3.8) is 0 Å². The van der Waals surface area contributed by atoms with E-state index in [4.69, 9.17) is 28.2 Å². The second-order valence-corrected chi connectivity index (χ2v) is 8.41. The van der Waals surface area contributed by atoms with Crippen LogP contribution in [0.3, 0.4) is 0 Å². The number of piperidine rings is 1. The zero-order valence-corrected chi connectivity index (χ0v) is 16.6. The van der Waals surface area contributed by atoms with Crippen LogP contribution < -0.4 is 4.90 Å². The summed E-state index contributed by atoms with van der Waals surface area (Å²) >= 11 is 12.7. The SMILES string of the molecule is Cc1nc(N2CCC(C)(C)CC2)n2ncnc2c1-c1cccc(Cl)c1Cl. The summed E-state index contributed by atoms with van der Waals surface area (Å²) in [4.78, 5) is 11.7. The van der Waals surface area contributed by atoms with Crippen LogP contribution in [-0.2, 0) is 0 Å². The van der Waals surface area contributed by atoms with E-state index in [1.807, 2.05) is 23.6 Å². The van der Waals surface area contributed by atoms with Gasteiger partial charge in [-0.05, 0) is 31.2 Å². The highest BCUT2D eigenvalue weighted by Gasteiger charge is 2.28. The Morgan fingerprint density at radius 2 is 1.85 bits per heavy atom. The van der Waals surface area contributed by atoms with Gasteiger partial charge in [0.1, 0.15) is 6.33 Å². The van der Waals surface area contributed by atoms with Gasteiger partial charge in [0.2, 0.25) is 5.95 Å². The van der Waals surface area contributed by atoms with E-state index in [2.05, 4.69) is 28.8 Å². The third-order valence-corrected chi connectivity index (χ3v) is 6.03. The highest BCUT2D eigenvalue weighted by Crippen LogP contribution is 2.38. The second kappa shape index (κ2) is 6.39. The first-order chi connectivity index (χ1) is 12.4. The minimum Gasteiger partial charge on any atom is -0.341 e. The van der Waals surface area contributed by atoms with Gasteiger partial charge in [0, 0.05) is 24.2 Å². The number of rotatable bonds is 2. The standard InChI is InChI=1S/C19H21Cl2N5/c1-12-15(13-5-4-6-14(20)16(13)21)17-22-11-23-26(17)18(24-12)25-9-7-19(2,3)8-10-25/h4-6,11H,7-10H2,1-3H3. The van der Waals surface area contributed by atoms with Gasteiger partial charge >= 0.3 is 0 Å². The Labute approximate surface area is 163 Å². The van der Waals surface area contributed by atoms with E-state index < -0.39 is 0 Å². The molecule has 2 aromatic heterocycles. The van der Waals surface area contributed by atoms with E-state index in [0.29, 0.717) is 15.5 Å². The molecule has 0 aliphatic carbocycles. The molecule has 0 amide bonds. The molecule has 1 aromatic carbocycles. The number of halogens is 2. The van der Waals surface area contributed by atoms with Gasteiger partial charge in [0.05, 0.1) is 15.7 Å². The monoisotopic (exact) mass is 389 g/mol. The van der Waals surface area contributed by atoms with Crippen LogP contribution in [0.5, 0.6) is 0 Å². The highest BCUT2D eigenvalue weighted by atomic mass is 35.5. The molecule has 5 nitrogen and oxygen atoms in total. The lowest BCUT2D eigenvalue weighted by Crippen LogP contribution is -2.39. The summed E-state index contributed by atoms with van der Waals surface area (Å²) < 4.78 is 1.82. The van der Waals surface area contributed by atoms with Crippen molar-refractivity contribution in [1.29, 1.82) is 0 Å². The maximum atomic E-state index is 6.46. The Morgan fingerprint density at radius 1 is 1.12 bits per heavy atom. The van der Waals surface area contributed by atoms with E-state index in [9.17, 15) is 0 Å². The van der Waals surface area contributed by atoms with Crippen LogP contribution >= 0.6 is 23.2 Å². The summed E-state index contributed by atoms with van der Waals surface area (Å²) in [5, 5.41) is 5.46. The molecular weight excluding hydrogens is 369 g/mol. The molecule has 0 spiro atoms. The molecule has 1 fully saturated rings. The van der Waals surface area contributed by atoms with E-state index in [0.717, 1.165) is 54.3 Å². The fourth-order valence-corrected chi connectivity index (χ4v) is 3.90. The van der Waals surface area contributed by atoms with E-state index in [-0.39, 0.29) is 0 Å². The fraction of sp³-hybridized carbons (Fsp3) is 0.421. The van der Waals surface area contributed by atoms with Crippen molar-refractivity contribution in [2.45, 2.75) is 33.6 Å². The van der Waals surface area contributed by atoms with Crippen molar-refractivity contribution in [3.8, 4) is 11.1 Å². The maximum absolute atomic E-state index is 6.46. The molecule has 0 unspecified atom stereocenters. The Balaban J connectivity index is 1.85. The topological polar surface area (TPSA) is 46.3 Å². The predicted octanol–water partition coefficient (Wildman–Crippen LogP) is 5.03. The lowest BCUT2D eigenvalue weighted by molar-refractivity contribution is 0.277. The molecule has 136 valence electrons. The molecule has 1 aliphatic heterocycles. The molecule has 1 saturated heterocycles. The number of aromatic nitrogens is 4. The van der Waals surface area contributed by atoms with Gasteiger partial charge in [0.15, 0.2) is 5.65 Å². The molecule has 0 saturated carbocycles. The van der Waals surface area contributed by atoms with Crippen molar-refractivity contribution in [3.05, 3.63) is 40.3 Å². The quantitative estimate of drug-likeness (QED) is 0.616. The van der Waals surface area contributed by atoms with Gasteiger partial charge in [-0.1, -0.05) is 49.2 Å². The Hall–Kier alpha value is -1.85. The molecule has 4 rings (SSSR count). The van der Waals surface area contributed by atoms with E-state index in [1.165, 1.54) is 0 Å². The lowest BCUT2D eigenvalue weighted by atomic mass is 9.83. The molecule has 0 N–H and O–H groups in total. The van der Waals surface area contributed by atoms with Crippen molar-refractivity contribution >= 4 is 34.8 Å². The first kappa shape index (κ1) is 17.6. The minimum atomic E-state index is 0.376. The summed E-state index contributed by atoms with van der Waals surface area (Å²) in [6.45, 7) is 8.55. The predicted molar refractivity (Wildman–Crippen MR) is 106 cm³/mol. The number of aryl methyl sites for hydroxylation is 1. The smallest absolute Gasteiger partial charge is 0.228 e. The van der Waals surface area contributed by atoms with Crippen LogP contribution in [0.2, 0.25) is 10.0 Å². The van der Waals surface area contributed by atoms with Crippen molar-refractivity contribution in [2.24, 2.45) is 5.41 Å². The Bertz CT molecular complexity index is 969. The maximum Gasteiger partial charge on any atom is 0.228 e. The van der Waals surface area contributed by atoms with Crippen LogP contribution in [0.4, 0.5) is 5.95 Å². The van der Waals surface area contributed by atoms with Gasteiger partial charge in [-0.25, -0.2) is 9.97 Å². The first-order valence-electron chi connectivity index (χ1n) is 8.77. The fourth-order valence-electron chi connectivity index (χ4n) is 3.50. The average molecular weight is 390 g/mol. The van der Waals surface area contributed by atoms with E-state index in [1.54, 1.807) is 12.4 Å². The van der Waals surface area contributed by atoms with Crippen molar-refractivity contribution in [1.82, 2.24) is 19.6 Å². The van der Waals surface area contributed by atoms with Crippen LogP contribution in [0.15, 0.2) is 24.5 Å². The molecule has 3 heterocycles. The lowest BCUT2D eigenvalue weighted by Gasteiger charge is -2.37. The largest absolute Gasteiger partial charge is 0.341 e. The van der Waals surface area contributed by atoms with E-state index >= 15 is 0 Å². The minimum absolute atomic E-state index is 0.376. The van der Waals surface area contributed by atoms with Gasteiger partial charge in [0.25, 0.3) is 0 Å². The zero-order chi connectivity index (χ0) is 18.5. The normalized spacial score (nSPS) is 17.0. The molecule has 0 bridgehead atoms. The number of fused-ring (bicyclic) bond motifs is 1. The van der Waals surface area contributed by atoms with Crippen LogP contribution in [0, 0.1) is 12.3 Å². The van der Waals surface area contributed by atoms with Gasteiger partial charge < -0.3 is 4.90 Å². The van der Waals surface area contributed by atoms with Crippen LogP contribution in [-0.4, -0.2) is 32.7 Å². The summed E-state index contributed by atoms with van der Waals surface area (Å²) in [6.07, 6.45) is 3.83. The molecule has 7 heteroatoms. The van der Waals surface area contributed by atoms with Crippen molar-refractivity contribution < 1.29 is 0 Å². The van der Waals surface area contributed by atoms with Gasteiger partial charge in [-0.3, -0.25) is 0 Å². The van der Waals surface area contributed by atoms with Crippen LogP contribution in [0.1, 0.15) is 32.4 Å². The third kappa shape index (κ3) is 2.93. The molecule has 26 heavy (non-hydrogen) atoms. The molecule has 1 aliphatic rings. The summed E-state index contributed by atoms with van der Waals surface area (Å²) in [5.74, 6) is 0.840. The Kier molecular flexibility index (Phi) is 4.32. The van der Waals surface area contributed by atoms with Crippen molar-refractivity contribution in [2.75, 3.05) is 18.0 Å². The summed E-state index contributed by atoms with van der Waals surface area (Å²) in [6, 6.07) is 5.60. The molecule has 0 radical (unpaired) electrons. The zero-order valence-electron chi connectivity index (χ0n) is 15.1. The molecular formula is C19H21Cl2N5. The number of anilines is 1. The second-order valence-electron chi connectivity index (χ2n) is 7.62.